The standard InChI is InChI=1S/C10H20NO3/c1-5-6-7-8-13-11-9(12)14-10(2,3)4/h5-8H2,1-4H3. The summed E-state index contributed by atoms with van der Waals surface area (Å²) >= 11 is 0. The summed E-state index contributed by atoms with van der Waals surface area (Å²) in [7, 11) is 0. The van der Waals surface area contributed by atoms with Crippen molar-refractivity contribution in [3.05, 3.63) is 0 Å². The molecule has 0 spiro atoms. The number of rotatable bonds is 5. The van der Waals surface area contributed by atoms with Gasteiger partial charge in [-0.3, -0.25) is 0 Å². The lowest BCUT2D eigenvalue weighted by molar-refractivity contribution is -0.0129. The third kappa shape index (κ3) is 9.32. The summed E-state index contributed by atoms with van der Waals surface area (Å²) in [5.41, 5.74) is 2.81. The van der Waals surface area contributed by atoms with Crippen LogP contribution in [-0.2, 0) is 9.57 Å². The lowest BCUT2D eigenvalue weighted by Crippen LogP contribution is -2.28. The molecule has 0 bridgehead atoms. The number of ether oxygens (including phenoxy) is 1. The Balaban J connectivity index is 3.36. The number of amides is 1. The van der Waals surface area contributed by atoms with Gasteiger partial charge >= 0.3 is 6.09 Å². The van der Waals surface area contributed by atoms with Gasteiger partial charge in [0.2, 0.25) is 0 Å². The maximum absolute atomic E-state index is 11.0. The van der Waals surface area contributed by atoms with Gasteiger partial charge in [-0.05, 0) is 27.2 Å². The second-order valence-corrected chi connectivity index (χ2v) is 4.11. The molecule has 0 fully saturated rings. The molecule has 0 N–H and O–H groups in total. The summed E-state index contributed by atoms with van der Waals surface area (Å²) in [5.74, 6) is 0. The molecular weight excluding hydrogens is 182 g/mol. The fourth-order valence-electron chi connectivity index (χ4n) is 0.796. The summed E-state index contributed by atoms with van der Waals surface area (Å²) in [6.07, 6.45) is 2.47. The highest BCUT2D eigenvalue weighted by Crippen LogP contribution is 2.06. The van der Waals surface area contributed by atoms with Crippen LogP contribution in [-0.4, -0.2) is 18.3 Å². The monoisotopic (exact) mass is 202 g/mol. The first-order valence-electron chi connectivity index (χ1n) is 5.01. The Morgan fingerprint density at radius 1 is 1.29 bits per heavy atom. The number of hydroxylamine groups is 1. The number of carbonyl (C=O) groups is 1. The minimum Gasteiger partial charge on any atom is -0.441 e. The number of hydrogen-bond donors (Lipinski definition) is 0. The highest BCUT2D eigenvalue weighted by Gasteiger charge is 2.17. The molecule has 0 heterocycles. The molecule has 0 aromatic heterocycles. The molecular formula is C10H20NO3. The number of hydrogen-bond acceptors (Lipinski definition) is 3. The molecule has 14 heavy (non-hydrogen) atoms. The molecule has 4 nitrogen and oxygen atoms in total. The fourth-order valence-corrected chi connectivity index (χ4v) is 0.796. The maximum atomic E-state index is 11.0. The normalized spacial score (nSPS) is 11.1. The van der Waals surface area contributed by atoms with Crippen LogP contribution in [0.5, 0.6) is 0 Å². The number of unbranched alkanes of at least 4 members (excludes halogenated alkanes) is 2. The van der Waals surface area contributed by atoms with Crippen LogP contribution in [0.2, 0.25) is 0 Å². The van der Waals surface area contributed by atoms with Crippen molar-refractivity contribution in [3.8, 4) is 0 Å². The van der Waals surface area contributed by atoms with Crippen molar-refractivity contribution in [2.45, 2.75) is 52.6 Å². The van der Waals surface area contributed by atoms with Crippen LogP contribution in [0.25, 0.3) is 0 Å². The molecule has 0 saturated heterocycles. The fraction of sp³-hybridized carbons (Fsp3) is 0.900. The van der Waals surface area contributed by atoms with E-state index >= 15 is 0 Å². The van der Waals surface area contributed by atoms with Crippen molar-refractivity contribution in [1.29, 1.82) is 0 Å². The third-order valence-corrected chi connectivity index (χ3v) is 1.37. The van der Waals surface area contributed by atoms with Crippen LogP contribution in [0.1, 0.15) is 47.0 Å². The van der Waals surface area contributed by atoms with Crippen molar-refractivity contribution >= 4 is 6.09 Å². The molecule has 0 unspecified atom stereocenters. The van der Waals surface area contributed by atoms with Crippen LogP contribution >= 0.6 is 0 Å². The summed E-state index contributed by atoms with van der Waals surface area (Å²) in [4.78, 5) is 15.8. The molecule has 1 radical (unpaired) electrons. The van der Waals surface area contributed by atoms with E-state index in [4.69, 9.17) is 9.57 Å². The predicted molar refractivity (Wildman–Crippen MR) is 53.8 cm³/mol. The van der Waals surface area contributed by atoms with Crippen molar-refractivity contribution in [2.75, 3.05) is 6.61 Å². The van der Waals surface area contributed by atoms with Gasteiger partial charge in [0.05, 0.1) is 6.61 Å². The zero-order chi connectivity index (χ0) is 11.0. The molecule has 0 aromatic carbocycles. The van der Waals surface area contributed by atoms with Crippen molar-refractivity contribution < 1.29 is 14.4 Å². The average molecular weight is 202 g/mol. The Morgan fingerprint density at radius 3 is 2.43 bits per heavy atom. The topological polar surface area (TPSA) is 49.6 Å². The molecule has 1 amide bonds. The average Bonchev–Trinajstić information content (AvgIpc) is 2.00. The third-order valence-electron chi connectivity index (χ3n) is 1.37. The van der Waals surface area contributed by atoms with E-state index in [-0.39, 0.29) is 0 Å². The van der Waals surface area contributed by atoms with E-state index < -0.39 is 11.7 Å². The van der Waals surface area contributed by atoms with Gasteiger partial charge in [-0.1, -0.05) is 25.2 Å². The van der Waals surface area contributed by atoms with Gasteiger partial charge in [-0.15, -0.1) is 0 Å². The second-order valence-electron chi connectivity index (χ2n) is 4.11. The van der Waals surface area contributed by atoms with E-state index in [1.54, 1.807) is 20.8 Å². The van der Waals surface area contributed by atoms with Gasteiger partial charge in [0.25, 0.3) is 0 Å². The minimum absolute atomic E-state index is 0.479. The molecule has 0 aromatic rings. The second kappa shape index (κ2) is 6.65. The first kappa shape index (κ1) is 13.2. The Morgan fingerprint density at radius 2 is 1.93 bits per heavy atom. The largest absolute Gasteiger partial charge is 0.457 e. The van der Waals surface area contributed by atoms with Gasteiger partial charge in [0, 0.05) is 0 Å². The predicted octanol–water partition coefficient (Wildman–Crippen LogP) is 2.65. The Hall–Kier alpha value is -0.770. The van der Waals surface area contributed by atoms with Gasteiger partial charge in [0.1, 0.15) is 5.60 Å². The molecule has 0 saturated carbocycles. The van der Waals surface area contributed by atoms with E-state index in [2.05, 4.69) is 12.4 Å². The number of carbonyl (C=O) groups excluding carboxylic acids is 1. The van der Waals surface area contributed by atoms with E-state index in [0.29, 0.717) is 6.61 Å². The molecule has 0 atom stereocenters. The van der Waals surface area contributed by atoms with Gasteiger partial charge in [0.15, 0.2) is 0 Å². The first-order valence-corrected chi connectivity index (χ1v) is 5.01. The van der Waals surface area contributed by atoms with Gasteiger partial charge < -0.3 is 4.74 Å². The Labute approximate surface area is 85.9 Å². The molecule has 4 heteroatoms. The summed E-state index contributed by atoms with van der Waals surface area (Å²) < 4.78 is 4.91. The van der Waals surface area contributed by atoms with Crippen molar-refractivity contribution in [1.82, 2.24) is 5.48 Å². The number of nitrogens with zero attached hydrogens (tertiary/aromatic N) is 1. The summed E-state index contributed by atoms with van der Waals surface area (Å²) in [6.45, 7) is 7.95. The zero-order valence-corrected chi connectivity index (χ0v) is 9.50. The molecule has 0 aliphatic carbocycles. The highest BCUT2D eigenvalue weighted by atomic mass is 16.7. The molecule has 83 valence electrons. The Kier molecular flexibility index (Phi) is 6.28. The van der Waals surface area contributed by atoms with Crippen molar-refractivity contribution in [3.63, 3.8) is 0 Å². The minimum atomic E-state index is -0.658. The van der Waals surface area contributed by atoms with Crippen LogP contribution in [0, 0.1) is 0 Å². The quantitative estimate of drug-likeness (QED) is 0.508. The first-order chi connectivity index (χ1) is 6.45. The van der Waals surface area contributed by atoms with Gasteiger partial charge in [-0.2, -0.15) is 0 Å². The van der Waals surface area contributed by atoms with Crippen molar-refractivity contribution in [2.24, 2.45) is 0 Å². The van der Waals surface area contributed by atoms with Crippen LogP contribution in [0.4, 0.5) is 4.79 Å². The lowest BCUT2D eigenvalue weighted by atomic mass is 10.2. The van der Waals surface area contributed by atoms with Crippen LogP contribution in [0.3, 0.4) is 0 Å². The molecule has 0 aliphatic rings. The summed E-state index contributed by atoms with van der Waals surface area (Å²) in [6, 6.07) is 0. The van der Waals surface area contributed by atoms with E-state index in [1.165, 1.54) is 0 Å². The molecule has 0 rings (SSSR count). The zero-order valence-electron chi connectivity index (χ0n) is 9.50. The van der Waals surface area contributed by atoms with E-state index in [0.717, 1.165) is 19.3 Å². The lowest BCUT2D eigenvalue weighted by Gasteiger charge is -2.18. The van der Waals surface area contributed by atoms with Crippen LogP contribution in [0.15, 0.2) is 0 Å². The maximum Gasteiger partial charge on any atom is 0.457 e. The van der Waals surface area contributed by atoms with E-state index in [9.17, 15) is 4.79 Å². The SMILES string of the molecule is CCCCCO[N]C(=O)OC(C)(C)C. The smallest absolute Gasteiger partial charge is 0.441 e. The van der Waals surface area contributed by atoms with E-state index in [1.807, 2.05) is 0 Å². The Bertz CT molecular complexity index is 163. The van der Waals surface area contributed by atoms with Crippen LogP contribution < -0.4 is 5.48 Å². The summed E-state index contributed by atoms with van der Waals surface area (Å²) in [5, 5.41) is 0. The van der Waals surface area contributed by atoms with Gasteiger partial charge in [-0.25, -0.2) is 9.63 Å². The highest BCUT2D eigenvalue weighted by molar-refractivity contribution is 5.65. The molecule has 0 aliphatic heterocycles.